The molecule has 0 amide bonds. The lowest BCUT2D eigenvalue weighted by molar-refractivity contribution is -0.0391. The minimum absolute atomic E-state index is 0.574. The number of nitrogens with zero attached hydrogens (tertiary/aromatic N) is 11. The predicted octanol–water partition coefficient (Wildman–Crippen LogP) is 9.82. The van der Waals surface area contributed by atoms with E-state index in [2.05, 4.69) is 163 Å². The minimum atomic E-state index is 0.574. The fourth-order valence-electron chi connectivity index (χ4n) is 23.9. The number of likely N-dealkylation sites (tertiary alicyclic amines) is 10. The molecule has 18 heteroatoms. The summed E-state index contributed by atoms with van der Waals surface area (Å²) < 4.78 is 5.58. The van der Waals surface area contributed by atoms with Crippen LogP contribution in [0.25, 0.3) is 0 Å². The van der Waals surface area contributed by atoms with Crippen LogP contribution in [0.2, 0.25) is 0 Å². The third kappa shape index (κ3) is 26.9. The second-order valence-electron chi connectivity index (χ2n) is 42.3. The molecule has 20 rings (SSSR count). The summed E-state index contributed by atoms with van der Waals surface area (Å²) in [6, 6.07) is 0. The first-order valence-corrected chi connectivity index (χ1v) is 46.4. The molecule has 0 radical (unpaired) electrons. The summed E-state index contributed by atoms with van der Waals surface area (Å²) in [5, 5.41) is 20.7. The van der Waals surface area contributed by atoms with Crippen molar-refractivity contribution >= 4 is 0 Å². The molecule has 108 heavy (non-hydrogen) atoms. The van der Waals surface area contributed by atoms with Gasteiger partial charge < -0.3 is 90.5 Å². The lowest BCUT2D eigenvalue weighted by Gasteiger charge is -2.52. The number of likely N-dealkylation sites (N-methyl/N-ethyl adjacent to an activating group) is 1. The standard InChI is InChI=1S/C10H20N2.C10H19NO.2C10H19N.3C9H18N2.2C8H16N2.C7H14N2/c1-12-8-4-10(5-9-12)2-6-11-7-3-10;1-11-6-4-10(5-7-11)3-2-8-12-9-10;1-11-8-4-7-10(9-11)5-2-3-6-10;1-11-8-6-10(7-9-11)4-2-3-5-10;1-10-5-3-9(4-6-10)7-11(2)8-9;1-11-6-3-9(4-7-11)2-5-10-8-9;1-11-7-4-9(8-11)2-5-10-6-3-9;1-10-4-2-8(3-5-10)6-9-7-8;1-10-5-3-8(7-10)2-4-9-6-8;1-9-5-4-8-7(6-9)2-3-7/h11H,2-9H2,1H3;2-9H2,1H3;2*2-9H2,1H3;3-8H2,1-2H3;2*10H,2-8H2,1H3;2*9H,2-7H2,1H3;8H,2-6H2,1H3. The van der Waals surface area contributed by atoms with Crippen LogP contribution in [0.5, 0.6) is 0 Å². The summed E-state index contributed by atoms with van der Waals surface area (Å²) >= 11 is 0. The van der Waals surface area contributed by atoms with E-state index in [9.17, 15) is 0 Å². The number of hydrogen-bond donors (Lipinski definition) is 6. The molecule has 17 aliphatic heterocycles. The SMILES string of the molecule is CN1CCC2(CC1)CN(C)C2.CN1CCC2(CC1)CNC2.CN1CCC2(CCCC2)CC1.CN1CCC2(CCCOC2)CC1.CN1CCC2(CCNC2)C1.CN1CCC2(CCNC2)CC1.CN1CCC2(CCNCC2)C1.CN1CCC2(CCNCC2)CC1.CN1CCCC2(CCCC2)C1.CN1CCNC2(CC2)C1. The Kier molecular flexibility index (Phi) is 33.9. The van der Waals surface area contributed by atoms with Gasteiger partial charge in [0, 0.05) is 90.7 Å². The molecule has 3 aliphatic carbocycles. The molecule has 18 nitrogen and oxygen atoms in total. The number of piperidine rings is 9. The number of piperazine rings is 1. The fraction of sp³-hybridized carbons (Fsp3) is 1.00. The molecule has 0 aromatic rings. The van der Waals surface area contributed by atoms with Crippen molar-refractivity contribution in [3.63, 3.8) is 0 Å². The van der Waals surface area contributed by atoms with Crippen molar-refractivity contribution in [3.05, 3.63) is 0 Å². The van der Waals surface area contributed by atoms with Gasteiger partial charge in [-0.1, -0.05) is 25.7 Å². The van der Waals surface area contributed by atoms with E-state index in [4.69, 9.17) is 4.74 Å². The Morgan fingerprint density at radius 3 is 0.870 bits per heavy atom. The molecule has 10 spiro atoms. The lowest BCUT2D eigenvalue weighted by Crippen LogP contribution is -2.58. The van der Waals surface area contributed by atoms with Gasteiger partial charge in [0.05, 0.1) is 6.61 Å². The highest BCUT2D eigenvalue weighted by molar-refractivity contribution is 5.06. The zero-order valence-corrected chi connectivity index (χ0v) is 73.1. The first-order chi connectivity index (χ1) is 52.0. The van der Waals surface area contributed by atoms with Crippen molar-refractivity contribution in [2.75, 3.05) is 307 Å². The third-order valence-corrected chi connectivity index (χ3v) is 32.8. The Hall–Kier alpha value is -0.720. The van der Waals surface area contributed by atoms with Gasteiger partial charge in [0.1, 0.15) is 0 Å². The van der Waals surface area contributed by atoms with Crippen molar-refractivity contribution in [3.8, 4) is 0 Å². The van der Waals surface area contributed by atoms with E-state index in [1.165, 1.54) is 434 Å². The van der Waals surface area contributed by atoms with E-state index in [1.54, 1.807) is 0 Å². The summed E-state index contributed by atoms with van der Waals surface area (Å²) in [5.74, 6) is 0. The smallest absolute Gasteiger partial charge is 0.0523 e. The molecule has 17 heterocycles. The number of ether oxygens (including phenoxy) is 1. The molecule has 628 valence electrons. The van der Waals surface area contributed by atoms with Crippen LogP contribution in [0.4, 0.5) is 0 Å². The van der Waals surface area contributed by atoms with Crippen LogP contribution in [-0.2, 0) is 4.74 Å². The molecule has 20 aliphatic rings. The first-order valence-electron chi connectivity index (χ1n) is 46.4. The van der Waals surface area contributed by atoms with Crippen LogP contribution in [0.3, 0.4) is 0 Å². The third-order valence-electron chi connectivity index (χ3n) is 32.8. The molecule has 1 unspecified atom stereocenters. The maximum absolute atomic E-state index is 5.58. The molecular weight excluding hydrogens is 1340 g/mol. The fourth-order valence-corrected chi connectivity index (χ4v) is 23.9. The molecule has 0 aromatic heterocycles. The molecular formula is C90H177N17O. The Morgan fingerprint density at radius 2 is 0.500 bits per heavy atom. The first kappa shape index (κ1) is 88.1. The van der Waals surface area contributed by atoms with Crippen molar-refractivity contribution < 1.29 is 4.74 Å². The predicted molar refractivity (Wildman–Crippen MR) is 457 cm³/mol. The second kappa shape index (κ2) is 41.6. The van der Waals surface area contributed by atoms with Crippen LogP contribution >= 0.6 is 0 Å². The molecule has 3 saturated carbocycles. The van der Waals surface area contributed by atoms with E-state index in [1.807, 2.05) is 0 Å². The van der Waals surface area contributed by atoms with Gasteiger partial charge in [0.15, 0.2) is 0 Å². The number of rotatable bonds is 0. The maximum Gasteiger partial charge on any atom is 0.0523 e. The second-order valence-corrected chi connectivity index (χ2v) is 42.3. The van der Waals surface area contributed by atoms with Crippen LogP contribution in [-0.4, -0.2) is 366 Å². The van der Waals surface area contributed by atoms with E-state index in [0.29, 0.717) is 27.2 Å². The number of nitrogens with one attached hydrogen (secondary N) is 6. The zero-order chi connectivity index (χ0) is 76.1. The maximum atomic E-state index is 5.58. The topological polar surface area (TPSA) is 117 Å². The average molecular weight is 1510 g/mol. The van der Waals surface area contributed by atoms with Crippen LogP contribution in [0.15, 0.2) is 0 Å². The van der Waals surface area contributed by atoms with Gasteiger partial charge in [-0.25, -0.2) is 0 Å². The van der Waals surface area contributed by atoms with Crippen LogP contribution < -0.4 is 31.9 Å². The highest BCUT2D eigenvalue weighted by Crippen LogP contribution is 2.48. The van der Waals surface area contributed by atoms with Gasteiger partial charge in [-0.15, -0.1) is 0 Å². The van der Waals surface area contributed by atoms with Gasteiger partial charge >= 0.3 is 0 Å². The van der Waals surface area contributed by atoms with Crippen molar-refractivity contribution in [1.82, 2.24) is 85.8 Å². The molecule has 0 aromatic carbocycles. The molecule has 1 atom stereocenters. The van der Waals surface area contributed by atoms with Crippen molar-refractivity contribution in [2.45, 2.75) is 224 Å². The summed E-state index contributed by atoms with van der Waals surface area (Å²) in [5.41, 5.74) is 7.02. The molecule has 17 saturated heterocycles. The van der Waals surface area contributed by atoms with Gasteiger partial charge in [0.2, 0.25) is 0 Å². The van der Waals surface area contributed by atoms with Gasteiger partial charge in [-0.3, -0.25) is 0 Å². The Labute approximate surface area is 666 Å². The largest absolute Gasteiger partial charge is 0.381 e. The summed E-state index contributed by atoms with van der Waals surface area (Å²) in [6.07, 6.45) is 48.8. The van der Waals surface area contributed by atoms with Crippen LogP contribution in [0.1, 0.15) is 218 Å². The highest BCUT2D eigenvalue weighted by atomic mass is 16.5. The molecule has 20 fully saturated rings. The summed E-state index contributed by atoms with van der Waals surface area (Å²) in [4.78, 5) is 27.0. The minimum Gasteiger partial charge on any atom is -0.381 e. The van der Waals surface area contributed by atoms with Crippen LogP contribution in [0, 0.1) is 48.7 Å². The van der Waals surface area contributed by atoms with Crippen molar-refractivity contribution in [1.29, 1.82) is 0 Å². The van der Waals surface area contributed by atoms with Gasteiger partial charge in [-0.05, 0) is 456 Å². The Bertz CT molecular complexity index is 2370. The monoisotopic (exact) mass is 1510 g/mol. The van der Waals surface area contributed by atoms with Crippen molar-refractivity contribution in [2.24, 2.45) is 48.7 Å². The van der Waals surface area contributed by atoms with E-state index >= 15 is 0 Å². The van der Waals surface area contributed by atoms with E-state index in [0.717, 1.165) is 40.3 Å². The Balaban J connectivity index is 0.000000119. The lowest BCUT2D eigenvalue weighted by atomic mass is 9.72. The van der Waals surface area contributed by atoms with E-state index < -0.39 is 0 Å². The quantitative estimate of drug-likeness (QED) is 0.138. The zero-order valence-electron chi connectivity index (χ0n) is 73.1. The average Bonchev–Trinajstić information content (AvgIpc) is 1.70. The Morgan fingerprint density at radius 1 is 0.194 bits per heavy atom. The molecule has 0 bridgehead atoms. The molecule has 6 N–H and O–H groups in total. The van der Waals surface area contributed by atoms with Gasteiger partial charge in [0.25, 0.3) is 0 Å². The summed E-state index contributed by atoms with van der Waals surface area (Å²) in [6.45, 7) is 44.7. The normalized spacial score (nSPS) is 32.5. The number of hydrogen-bond acceptors (Lipinski definition) is 18. The highest BCUT2D eigenvalue weighted by Gasteiger charge is 2.47. The summed E-state index contributed by atoms with van der Waals surface area (Å²) in [7, 11) is 24.6. The van der Waals surface area contributed by atoms with Gasteiger partial charge in [-0.2, -0.15) is 0 Å². The van der Waals surface area contributed by atoms with E-state index in [-0.39, 0.29) is 0 Å².